The molecule has 2 heterocycles. The summed E-state index contributed by atoms with van der Waals surface area (Å²) in [6.45, 7) is 4.43. The van der Waals surface area contributed by atoms with E-state index in [9.17, 15) is 5.11 Å². The van der Waals surface area contributed by atoms with Crippen LogP contribution in [0.1, 0.15) is 36.8 Å². The summed E-state index contributed by atoms with van der Waals surface area (Å²) in [5.41, 5.74) is 2.51. The highest BCUT2D eigenvalue weighted by Gasteiger charge is 2.29. The Morgan fingerprint density at radius 3 is 1.35 bits per heavy atom. The third-order valence-corrected chi connectivity index (χ3v) is 5.72. The molecule has 2 aliphatic heterocycles. The fourth-order valence-corrected chi connectivity index (χ4v) is 4.11. The number of terminal acetylenes is 1. The smallest absolute Gasteiger partial charge is 0.176 e. The average Bonchev–Trinajstić information content (AvgIpc) is 3.41. The highest BCUT2D eigenvalue weighted by Crippen LogP contribution is 2.32. The van der Waals surface area contributed by atoms with Crippen LogP contribution in [0, 0.1) is 12.3 Å². The van der Waals surface area contributed by atoms with E-state index >= 15 is 0 Å². The standard InChI is InChI=1S/C23H26N2O/c1-2-23(26,19-7-11-21(12-8-19)24-15-3-4-16-24)20-9-13-22(14-10-20)25-17-5-6-18-25/h1,7-14,26H,3-6,15-18H2. The van der Waals surface area contributed by atoms with Gasteiger partial charge in [-0.15, -0.1) is 6.42 Å². The molecule has 4 rings (SSSR count). The lowest BCUT2D eigenvalue weighted by molar-refractivity contribution is 0.145. The number of rotatable bonds is 4. The predicted octanol–water partition coefficient (Wildman–Crippen LogP) is 3.76. The monoisotopic (exact) mass is 346 g/mol. The molecule has 0 radical (unpaired) electrons. The van der Waals surface area contributed by atoms with Gasteiger partial charge in [-0.05, 0) is 49.9 Å². The third-order valence-electron chi connectivity index (χ3n) is 5.72. The van der Waals surface area contributed by atoms with Gasteiger partial charge in [0.1, 0.15) is 0 Å². The molecule has 26 heavy (non-hydrogen) atoms. The van der Waals surface area contributed by atoms with E-state index < -0.39 is 5.60 Å². The van der Waals surface area contributed by atoms with Crippen LogP contribution < -0.4 is 9.80 Å². The fraction of sp³-hybridized carbons (Fsp3) is 0.391. The van der Waals surface area contributed by atoms with E-state index in [0.29, 0.717) is 0 Å². The van der Waals surface area contributed by atoms with Crippen molar-refractivity contribution in [2.45, 2.75) is 31.3 Å². The Morgan fingerprint density at radius 1 is 0.692 bits per heavy atom. The summed E-state index contributed by atoms with van der Waals surface area (Å²) in [6, 6.07) is 16.1. The maximum atomic E-state index is 11.2. The van der Waals surface area contributed by atoms with Gasteiger partial charge in [0.05, 0.1) is 0 Å². The van der Waals surface area contributed by atoms with E-state index in [1.54, 1.807) is 0 Å². The van der Waals surface area contributed by atoms with Crippen LogP contribution in [0.4, 0.5) is 11.4 Å². The lowest BCUT2D eigenvalue weighted by atomic mass is 9.87. The quantitative estimate of drug-likeness (QED) is 0.854. The Balaban J connectivity index is 1.59. The predicted molar refractivity (Wildman–Crippen MR) is 108 cm³/mol. The summed E-state index contributed by atoms with van der Waals surface area (Å²) in [4.78, 5) is 4.76. The molecular formula is C23H26N2O. The van der Waals surface area contributed by atoms with Gasteiger partial charge in [-0.1, -0.05) is 30.2 Å². The summed E-state index contributed by atoms with van der Waals surface area (Å²) in [7, 11) is 0. The molecule has 2 fully saturated rings. The van der Waals surface area contributed by atoms with E-state index in [4.69, 9.17) is 6.42 Å². The maximum absolute atomic E-state index is 11.2. The van der Waals surface area contributed by atoms with Gasteiger partial charge >= 0.3 is 0 Å². The number of aliphatic hydroxyl groups is 1. The molecular weight excluding hydrogens is 320 g/mol. The molecule has 2 aromatic rings. The van der Waals surface area contributed by atoms with Crippen molar-refractivity contribution in [2.24, 2.45) is 0 Å². The van der Waals surface area contributed by atoms with Crippen molar-refractivity contribution in [3.05, 3.63) is 59.7 Å². The SMILES string of the molecule is C#CC(O)(c1ccc(N2CCCC2)cc1)c1ccc(N2CCCC2)cc1. The van der Waals surface area contributed by atoms with Gasteiger partial charge in [0.2, 0.25) is 0 Å². The summed E-state index contributed by atoms with van der Waals surface area (Å²) in [5, 5.41) is 11.2. The minimum atomic E-state index is -1.40. The van der Waals surface area contributed by atoms with Crippen LogP contribution in [0.3, 0.4) is 0 Å². The third kappa shape index (κ3) is 3.06. The average molecular weight is 346 g/mol. The van der Waals surface area contributed by atoms with Crippen LogP contribution in [0.5, 0.6) is 0 Å². The van der Waals surface area contributed by atoms with Gasteiger partial charge in [0.25, 0.3) is 0 Å². The molecule has 1 N–H and O–H groups in total. The number of anilines is 2. The van der Waals surface area contributed by atoms with Crippen LogP contribution in [0.2, 0.25) is 0 Å². The second-order valence-corrected chi connectivity index (χ2v) is 7.34. The molecule has 0 aromatic heterocycles. The largest absolute Gasteiger partial charge is 0.372 e. The molecule has 0 amide bonds. The van der Waals surface area contributed by atoms with Crippen LogP contribution >= 0.6 is 0 Å². The first-order valence-corrected chi connectivity index (χ1v) is 9.62. The molecule has 134 valence electrons. The molecule has 0 atom stereocenters. The molecule has 0 aliphatic carbocycles. The van der Waals surface area contributed by atoms with Crippen molar-refractivity contribution in [3.63, 3.8) is 0 Å². The summed E-state index contributed by atoms with van der Waals surface area (Å²) < 4.78 is 0. The second kappa shape index (κ2) is 7.05. The summed E-state index contributed by atoms with van der Waals surface area (Å²) in [6.07, 6.45) is 10.8. The first kappa shape index (κ1) is 17.0. The normalized spacial score (nSPS) is 17.5. The number of benzene rings is 2. The van der Waals surface area contributed by atoms with Gasteiger partial charge in [0.15, 0.2) is 5.60 Å². The number of hydrogen-bond acceptors (Lipinski definition) is 3. The zero-order valence-electron chi connectivity index (χ0n) is 15.2. The van der Waals surface area contributed by atoms with Gasteiger partial charge in [0, 0.05) is 48.7 Å². The van der Waals surface area contributed by atoms with E-state index in [1.807, 2.05) is 24.3 Å². The van der Waals surface area contributed by atoms with Crippen LogP contribution in [-0.4, -0.2) is 31.3 Å². The molecule has 2 aromatic carbocycles. The molecule has 3 nitrogen and oxygen atoms in total. The van der Waals surface area contributed by atoms with E-state index in [0.717, 1.165) is 37.3 Å². The molecule has 3 heteroatoms. The molecule has 2 saturated heterocycles. The zero-order chi connectivity index (χ0) is 18.0. The van der Waals surface area contributed by atoms with Crippen molar-refractivity contribution in [1.29, 1.82) is 0 Å². The molecule has 0 bridgehead atoms. The van der Waals surface area contributed by atoms with Gasteiger partial charge in [-0.3, -0.25) is 0 Å². The molecule has 0 spiro atoms. The zero-order valence-corrected chi connectivity index (χ0v) is 15.2. The Hall–Kier alpha value is -2.44. The number of nitrogens with zero attached hydrogens (tertiary/aromatic N) is 2. The highest BCUT2D eigenvalue weighted by atomic mass is 16.3. The van der Waals surface area contributed by atoms with E-state index in [1.165, 1.54) is 37.1 Å². The van der Waals surface area contributed by atoms with Crippen LogP contribution in [-0.2, 0) is 5.60 Å². The number of hydrogen-bond donors (Lipinski definition) is 1. The molecule has 0 saturated carbocycles. The minimum absolute atomic E-state index is 0.747. The topological polar surface area (TPSA) is 26.7 Å². The Morgan fingerprint density at radius 2 is 1.04 bits per heavy atom. The maximum Gasteiger partial charge on any atom is 0.176 e. The van der Waals surface area contributed by atoms with Crippen LogP contribution in [0.25, 0.3) is 0 Å². The summed E-state index contributed by atoms with van der Waals surface area (Å²) in [5.74, 6) is 2.62. The fourth-order valence-electron chi connectivity index (χ4n) is 4.11. The second-order valence-electron chi connectivity index (χ2n) is 7.34. The first-order valence-electron chi connectivity index (χ1n) is 9.62. The highest BCUT2D eigenvalue weighted by molar-refractivity contribution is 5.55. The minimum Gasteiger partial charge on any atom is -0.372 e. The Labute approximate surface area is 156 Å². The molecule has 2 aliphatic rings. The summed E-state index contributed by atoms with van der Waals surface area (Å²) >= 11 is 0. The first-order chi connectivity index (χ1) is 12.7. The Kier molecular flexibility index (Phi) is 4.61. The van der Waals surface area contributed by atoms with Gasteiger partial charge in [-0.2, -0.15) is 0 Å². The van der Waals surface area contributed by atoms with Gasteiger partial charge in [-0.25, -0.2) is 0 Å². The van der Waals surface area contributed by atoms with Crippen molar-refractivity contribution in [3.8, 4) is 12.3 Å². The van der Waals surface area contributed by atoms with Gasteiger partial charge < -0.3 is 14.9 Å². The van der Waals surface area contributed by atoms with Crippen molar-refractivity contribution in [2.75, 3.05) is 36.0 Å². The van der Waals surface area contributed by atoms with Crippen molar-refractivity contribution < 1.29 is 5.11 Å². The lowest BCUT2D eigenvalue weighted by Gasteiger charge is -2.26. The molecule has 0 unspecified atom stereocenters. The van der Waals surface area contributed by atoms with Crippen molar-refractivity contribution >= 4 is 11.4 Å². The van der Waals surface area contributed by atoms with E-state index in [-0.39, 0.29) is 0 Å². The van der Waals surface area contributed by atoms with Crippen LogP contribution in [0.15, 0.2) is 48.5 Å². The lowest BCUT2D eigenvalue weighted by Crippen LogP contribution is -2.26. The van der Waals surface area contributed by atoms with Crippen molar-refractivity contribution in [1.82, 2.24) is 0 Å². The van der Waals surface area contributed by atoms with E-state index in [2.05, 4.69) is 40.0 Å². The Bertz CT molecular complexity index is 717.